The van der Waals surface area contributed by atoms with Gasteiger partial charge in [0.2, 0.25) is 0 Å². The minimum atomic E-state index is 0.197. The van der Waals surface area contributed by atoms with Gasteiger partial charge < -0.3 is 5.73 Å². The van der Waals surface area contributed by atoms with E-state index in [0.29, 0.717) is 0 Å². The summed E-state index contributed by atoms with van der Waals surface area (Å²) in [5.74, 6) is 0. The van der Waals surface area contributed by atoms with Crippen molar-refractivity contribution >= 4 is 10.9 Å². The summed E-state index contributed by atoms with van der Waals surface area (Å²) < 4.78 is 0. The SMILES string of the molecule is CCN1CCCC(N)C1c1ccc2ccccc2n1. The van der Waals surface area contributed by atoms with Gasteiger partial charge in [-0.15, -0.1) is 0 Å². The van der Waals surface area contributed by atoms with Crippen LogP contribution in [-0.4, -0.2) is 29.0 Å². The largest absolute Gasteiger partial charge is 0.326 e. The van der Waals surface area contributed by atoms with Crippen molar-refractivity contribution in [3.8, 4) is 0 Å². The molecule has 100 valence electrons. The molecule has 2 N–H and O–H groups in total. The maximum atomic E-state index is 6.34. The van der Waals surface area contributed by atoms with Crippen LogP contribution in [0.5, 0.6) is 0 Å². The summed E-state index contributed by atoms with van der Waals surface area (Å²) in [4.78, 5) is 7.28. The first-order valence-corrected chi connectivity index (χ1v) is 7.15. The zero-order valence-corrected chi connectivity index (χ0v) is 11.4. The molecule has 0 amide bonds. The van der Waals surface area contributed by atoms with E-state index in [9.17, 15) is 0 Å². The van der Waals surface area contributed by atoms with Crippen LogP contribution in [0.2, 0.25) is 0 Å². The number of nitrogens with two attached hydrogens (primary N) is 1. The number of rotatable bonds is 2. The second kappa shape index (κ2) is 5.27. The molecule has 1 aromatic heterocycles. The lowest BCUT2D eigenvalue weighted by atomic mass is 9.93. The highest BCUT2D eigenvalue weighted by atomic mass is 15.2. The van der Waals surface area contributed by atoms with Crippen molar-refractivity contribution in [1.29, 1.82) is 0 Å². The van der Waals surface area contributed by atoms with Crippen LogP contribution in [0.3, 0.4) is 0 Å². The van der Waals surface area contributed by atoms with Gasteiger partial charge in [-0.25, -0.2) is 0 Å². The van der Waals surface area contributed by atoms with Crippen LogP contribution in [0.25, 0.3) is 10.9 Å². The predicted molar refractivity (Wildman–Crippen MR) is 78.9 cm³/mol. The molecule has 3 heteroatoms. The Kier molecular flexibility index (Phi) is 3.49. The molecule has 3 rings (SSSR count). The molecule has 1 fully saturated rings. The summed E-state index contributed by atoms with van der Waals surface area (Å²) in [5.41, 5.74) is 8.52. The molecular formula is C16H21N3. The molecule has 0 spiro atoms. The zero-order chi connectivity index (χ0) is 13.2. The summed E-state index contributed by atoms with van der Waals surface area (Å²) in [5, 5.41) is 1.19. The number of likely N-dealkylation sites (N-methyl/N-ethyl adjacent to an activating group) is 1. The van der Waals surface area contributed by atoms with Crippen molar-refractivity contribution in [3.63, 3.8) is 0 Å². The van der Waals surface area contributed by atoms with E-state index >= 15 is 0 Å². The Morgan fingerprint density at radius 2 is 2.11 bits per heavy atom. The van der Waals surface area contributed by atoms with Crippen molar-refractivity contribution in [2.45, 2.75) is 31.8 Å². The highest BCUT2D eigenvalue weighted by Crippen LogP contribution is 2.29. The van der Waals surface area contributed by atoms with Crippen LogP contribution in [0.4, 0.5) is 0 Å². The minimum absolute atomic E-state index is 0.197. The van der Waals surface area contributed by atoms with Gasteiger partial charge in [0.15, 0.2) is 0 Å². The number of fused-ring (bicyclic) bond motifs is 1. The molecule has 2 unspecified atom stereocenters. The van der Waals surface area contributed by atoms with Gasteiger partial charge >= 0.3 is 0 Å². The number of aromatic nitrogens is 1. The van der Waals surface area contributed by atoms with Crippen molar-refractivity contribution < 1.29 is 0 Å². The summed E-state index contributed by atoms with van der Waals surface area (Å²) >= 11 is 0. The Morgan fingerprint density at radius 1 is 1.26 bits per heavy atom. The fraction of sp³-hybridized carbons (Fsp3) is 0.438. The predicted octanol–water partition coefficient (Wildman–Crippen LogP) is 2.72. The third-order valence-corrected chi connectivity index (χ3v) is 4.11. The fourth-order valence-electron chi connectivity index (χ4n) is 3.11. The van der Waals surface area contributed by atoms with Crippen molar-refractivity contribution in [2.75, 3.05) is 13.1 Å². The topological polar surface area (TPSA) is 42.1 Å². The summed E-state index contributed by atoms with van der Waals surface area (Å²) in [7, 11) is 0. The standard InChI is InChI=1S/C16H21N3/c1-2-19-11-5-7-13(17)16(19)15-10-9-12-6-3-4-8-14(12)18-15/h3-4,6,8-10,13,16H,2,5,7,11,17H2,1H3. The van der Waals surface area contributed by atoms with E-state index in [4.69, 9.17) is 10.7 Å². The van der Waals surface area contributed by atoms with Gasteiger partial charge in [-0.05, 0) is 38.1 Å². The van der Waals surface area contributed by atoms with Gasteiger partial charge in [0.1, 0.15) is 0 Å². The number of likely N-dealkylation sites (tertiary alicyclic amines) is 1. The molecule has 3 nitrogen and oxygen atoms in total. The molecule has 0 aliphatic carbocycles. The van der Waals surface area contributed by atoms with Crippen LogP contribution >= 0.6 is 0 Å². The minimum Gasteiger partial charge on any atom is -0.326 e. The smallest absolute Gasteiger partial charge is 0.0706 e. The van der Waals surface area contributed by atoms with Gasteiger partial charge in [-0.3, -0.25) is 9.88 Å². The van der Waals surface area contributed by atoms with Crippen LogP contribution in [-0.2, 0) is 0 Å². The molecule has 1 aliphatic heterocycles. The quantitative estimate of drug-likeness (QED) is 0.897. The molecule has 1 aliphatic rings. The molecule has 2 aromatic rings. The van der Waals surface area contributed by atoms with E-state index in [2.05, 4.69) is 36.1 Å². The van der Waals surface area contributed by atoms with Gasteiger partial charge in [0, 0.05) is 11.4 Å². The lowest BCUT2D eigenvalue weighted by Crippen LogP contribution is -2.46. The molecular weight excluding hydrogens is 234 g/mol. The number of pyridine rings is 1. The third kappa shape index (κ3) is 2.36. The average Bonchev–Trinajstić information content (AvgIpc) is 2.46. The molecule has 1 aromatic carbocycles. The molecule has 2 atom stereocenters. The van der Waals surface area contributed by atoms with Crippen LogP contribution < -0.4 is 5.73 Å². The number of hydrogen-bond donors (Lipinski definition) is 1. The average molecular weight is 255 g/mol. The molecule has 2 heterocycles. The van der Waals surface area contributed by atoms with Gasteiger partial charge in [-0.2, -0.15) is 0 Å². The number of nitrogens with zero attached hydrogens (tertiary/aromatic N) is 2. The van der Waals surface area contributed by atoms with Crippen LogP contribution in [0.1, 0.15) is 31.5 Å². The highest BCUT2D eigenvalue weighted by molar-refractivity contribution is 5.78. The highest BCUT2D eigenvalue weighted by Gasteiger charge is 2.30. The number of hydrogen-bond acceptors (Lipinski definition) is 3. The lowest BCUT2D eigenvalue weighted by molar-refractivity contribution is 0.133. The first-order chi connectivity index (χ1) is 9.29. The normalized spacial score (nSPS) is 24.7. The summed E-state index contributed by atoms with van der Waals surface area (Å²) in [6, 6.07) is 13.0. The van der Waals surface area contributed by atoms with Crippen LogP contribution in [0, 0.1) is 0 Å². The second-order valence-corrected chi connectivity index (χ2v) is 5.31. The first kappa shape index (κ1) is 12.6. The third-order valence-electron chi connectivity index (χ3n) is 4.11. The summed E-state index contributed by atoms with van der Waals surface area (Å²) in [6.45, 7) is 4.36. The van der Waals surface area contributed by atoms with Crippen molar-refractivity contribution in [2.24, 2.45) is 5.73 Å². The van der Waals surface area contributed by atoms with Gasteiger partial charge in [0.05, 0.1) is 17.3 Å². The van der Waals surface area contributed by atoms with Gasteiger partial charge in [0.25, 0.3) is 0 Å². The van der Waals surface area contributed by atoms with Crippen LogP contribution in [0.15, 0.2) is 36.4 Å². The Labute approximate surface area is 114 Å². The van der Waals surface area contributed by atoms with Crippen molar-refractivity contribution in [3.05, 3.63) is 42.1 Å². The van der Waals surface area contributed by atoms with Crippen molar-refractivity contribution in [1.82, 2.24) is 9.88 Å². The molecule has 19 heavy (non-hydrogen) atoms. The Hall–Kier alpha value is -1.45. The monoisotopic (exact) mass is 255 g/mol. The Morgan fingerprint density at radius 3 is 2.95 bits per heavy atom. The summed E-state index contributed by atoms with van der Waals surface area (Å²) in [6.07, 6.45) is 2.29. The van der Waals surface area contributed by atoms with E-state index in [-0.39, 0.29) is 12.1 Å². The molecule has 0 saturated carbocycles. The van der Waals surface area contributed by atoms with E-state index < -0.39 is 0 Å². The van der Waals surface area contributed by atoms with E-state index in [1.807, 2.05) is 12.1 Å². The molecule has 0 radical (unpaired) electrons. The molecule has 1 saturated heterocycles. The number of para-hydroxylation sites is 1. The number of piperidine rings is 1. The zero-order valence-electron chi connectivity index (χ0n) is 11.4. The fourth-order valence-corrected chi connectivity index (χ4v) is 3.11. The maximum Gasteiger partial charge on any atom is 0.0706 e. The van der Waals surface area contributed by atoms with E-state index in [1.165, 1.54) is 11.8 Å². The van der Waals surface area contributed by atoms with E-state index in [1.54, 1.807) is 0 Å². The maximum absolute atomic E-state index is 6.34. The lowest BCUT2D eigenvalue weighted by Gasteiger charge is -2.38. The second-order valence-electron chi connectivity index (χ2n) is 5.31. The first-order valence-electron chi connectivity index (χ1n) is 7.15. The molecule has 0 bridgehead atoms. The Bertz CT molecular complexity index is 567. The number of benzene rings is 1. The van der Waals surface area contributed by atoms with Gasteiger partial charge in [-0.1, -0.05) is 31.2 Å². The van der Waals surface area contributed by atoms with E-state index in [0.717, 1.165) is 30.7 Å². The Balaban J connectivity index is 2.01.